The van der Waals surface area contributed by atoms with E-state index >= 15 is 0 Å². The average molecular weight is 372 g/mol. The molecule has 1 aliphatic rings. The third-order valence-corrected chi connectivity index (χ3v) is 4.42. The van der Waals surface area contributed by atoms with E-state index in [1.54, 1.807) is 10.7 Å². The van der Waals surface area contributed by atoms with Gasteiger partial charge in [0.15, 0.2) is 11.6 Å². The summed E-state index contributed by atoms with van der Waals surface area (Å²) in [5, 5.41) is 19.4. The van der Waals surface area contributed by atoms with Gasteiger partial charge in [-0.15, -0.1) is 0 Å². The van der Waals surface area contributed by atoms with Crippen molar-refractivity contribution in [2.45, 2.75) is 18.9 Å². The number of rotatable bonds is 6. The lowest BCUT2D eigenvalue weighted by molar-refractivity contribution is 0.153. The monoisotopic (exact) mass is 372 g/mol. The van der Waals surface area contributed by atoms with Crippen LogP contribution in [0, 0.1) is 5.82 Å². The van der Waals surface area contributed by atoms with Gasteiger partial charge in [0.1, 0.15) is 6.10 Å². The first kappa shape index (κ1) is 17.6. The fraction of sp³-hybridized carbons (Fsp3) is 0.389. The largest absolute Gasteiger partial charge is 0.471 e. The molecule has 0 unspecified atom stereocenters. The van der Waals surface area contributed by atoms with Crippen molar-refractivity contribution in [1.82, 2.24) is 24.9 Å². The number of fused-ring (bicyclic) bond motifs is 1. The number of pyridine rings is 1. The number of ether oxygens (including phenoxy) is 1. The molecule has 3 N–H and O–H groups in total. The van der Waals surface area contributed by atoms with Gasteiger partial charge >= 0.3 is 0 Å². The summed E-state index contributed by atoms with van der Waals surface area (Å²) in [5.74, 6) is -0.432. The molecule has 1 fully saturated rings. The number of nitrogens with one attached hydrogen (secondary N) is 2. The van der Waals surface area contributed by atoms with E-state index in [0.717, 1.165) is 24.9 Å². The summed E-state index contributed by atoms with van der Waals surface area (Å²) in [6, 6.07) is 5.65. The van der Waals surface area contributed by atoms with Crippen molar-refractivity contribution < 1.29 is 14.2 Å². The highest BCUT2D eigenvalue weighted by atomic mass is 19.1. The lowest BCUT2D eigenvalue weighted by atomic mass is 10.1. The molecule has 3 aromatic heterocycles. The number of aliphatic hydroxyl groups excluding tert-OH is 1. The minimum atomic E-state index is -0.658. The van der Waals surface area contributed by atoms with Crippen molar-refractivity contribution in [2.75, 3.05) is 31.6 Å². The second-order valence-corrected chi connectivity index (χ2v) is 6.34. The van der Waals surface area contributed by atoms with Crippen molar-refractivity contribution in [1.29, 1.82) is 0 Å². The van der Waals surface area contributed by atoms with Crippen LogP contribution in [0.3, 0.4) is 0 Å². The number of aliphatic hydroxyl groups is 1. The maximum atomic E-state index is 14.9. The zero-order chi connectivity index (χ0) is 18.6. The van der Waals surface area contributed by atoms with Gasteiger partial charge < -0.3 is 20.5 Å². The van der Waals surface area contributed by atoms with Crippen molar-refractivity contribution in [2.24, 2.45) is 0 Å². The predicted octanol–water partition coefficient (Wildman–Crippen LogP) is 1.47. The Labute approximate surface area is 155 Å². The van der Waals surface area contributed by atoms with Crippen LogP contribution in [0.4, 0.5) is 10.2 Å². The molecule has 0 aromatic carbocycles. The second-order valence-electron chi connectivity index (χ2n) is 6.34. The van der Waals surface area contributed by atoms with E-state index in [1.165, 1.54) is 0 Å². The van der Waals surface area contributed by atoms with Gasteiger partial charge in [-0.25, -0.2) is 9.50 Å². The van der Waals surface area contributed by atoms with E-state index in [0.29, 0.717) is 17.9 Å². The number of hydrogen-bond acceptors (Lipinski definition) is 7. The minimum absolute atomic E-state index is 0.00287. The molecule has 1 saturated heterocycles. The Morgan fingerprint density at radius 3 is 3.11 bits per heavy atom. The van der Waals surface area contributed by atoms with Crippen LogP contribution in [0.15, 0.2) is 30.6 Å². The smallest absolute Gasteiger partial charge is 0.256 e. The fourth-order valence-corrected chi connectivity index (χ4v) is 3.10. The van der Waals surface area contributed by atoms with Crippen molar-refractivity contribution >= 4 is 11.3 Å². The van der Waals surface area contributed by atoms with E-state index in [2.05, 4.69) is 25.7 Å². The molecule has 142 valence electrons. The SMILES string of the molecule is OCCNc1nc(-c2cnn3ccccc23)nc(O[C@@H]2CCCNC2)c1F. The predicted molar refractivity (Wildman–Crippen MR) is 98.3 cm³/mol. The summed E-state index contributed by atoms with van der Waals surface area (Å²) in [6.45, 7) is 1.61. The molecule has 0 amide bonds. The molecule has 27 heavy (non-hydrogen) atoms. The second kappa shape index (κ2) is 7.85. The highest BCUT2D eigenvalue weighted by Gasteiger charge is 2.22. The van der Waals surface area contributed by atoms with E-state index in [4.69, 9.17) is 9.84 Å². The van der Waals surface area contributed by atoms with Crippen LogP contribution in [0.25, 0.3) is 16.9 Å². The van der Waals surface area contributed by atoms with E-state index in [-0.39, 0.29) is 31.0 Å². The van der Waals surface area contributed by atoms with Gasteiger partial charge in [0, 0.05) is 19.3 Å². The molecule has 4 rings (SSSR count). The first-order valence-electron chi connectivity index (χ1n) is 8.98. The summed E-state index contributed by atoms with van der Waals surface area (Å²) in [6.07, 6.45) is 5.11. The highest BCUT2D eigenvalue weighted by molar-refractivity contribution is 5.76. The maximum Gasteiger partial charge on any atom is 0.256 e. The molecule has 3 aromatic rings. The van der Waals surface area contributed by atoms with Gasteiger partial charge in [-0.1, -0.05) is 6.07 Å². The first-order chi connectivity index (χ1) is 13.3. The van der Waals surface area contributed by atoms with Gasteiger partial charge in [0.25, 0.3) is 5.88 Å². The van der Waals surface area contributed by atoms with Gasteiger partial charge in [0.2, 0.25) is 5.82 Å². The summed E-state index contributed by atoms with van der Waals surface area (Å²) in [7, 11) is 0. The zero-order valence-electron chi connectivity index (χ0n) is 14.7. The number of nitrogens with zero attached hydrogens (tertiary/aromatic N) is 4. The Morgan fingerprint density at radius 2 is 2.30 bits per heavy atom. The molecular weight excluding hydrogens is 351 g/mol. The van der Waals surface area contributed by atoms with Crippen molar-refractivity contribution in [3.63, 3.8) is 0 Å². The fourth-order valence-electron chi connectivity index (χ4n) is 3.10. The van der Waals surface area contributed by atoms with Gasteiger partial charge in [-0.05, 0) is 31.5 Å². The number of hydrogen-bond donors (Lipinski definition) is 3. The van der Waals surface area contributed by atoms with Crippen LogP contribution >= 0.6 is 0 Å². The van der Waals surface area contributed by atoms with Crippen LogP contribution in [0.1, 0.15) is 12.8 Å². The van der Waals surface area contributed by atoms with Gasteiger partial charge in [0.05, 0.1) is 23.9 Å². The zero-order valence-corrected chi connectivity index (χ0v) is 14.7. The molecular formula is C18H21FN6O2. The van der Waals surface area contributed by atoms with Crippen LogP contribution in [-0.2, 0) is 0 Å². The van der Waals surface area contributed by atoms with Gasteiger partial charge in [-0.3, -0.25) is 0 Å². The number of piperidine rings is 1. The summed E-state index contributed by atoms with van der Waals surface area (Å²) in [5.41, 5.74) is 1.48. The Morgan fingerprint density at radius 1 is 1.37 bits per heavy atom. The Balaban J connectivity index is 1.74. The first-order valence-corrected chi connectivity index (χ1v) is 8.98. The molecule has 8 nitrogen and oxygen atoms in total. The molecule has 0 spiro atoms. The molecule has 0 saturated carbocycles. The summed E-state index contributed by atoms with van der Waals surface area (Å²) in [4.78, 5) is 8.63. The van der Waals surface area contributed by atoms with Crippen LogP contribution in [0.5, 0.6) is 5.88 Å². The van der Waals surface area contributed by atoms with E-state index < -0.39 is 5.82 Å². The Bertz CT molecular complexity index is 925. The number of halogens is 1. The maximum absolute atomic E-state index is 14.9. The number of aromatic nitrogens is 4. The lowest BCUT2D eigenvalue weighted by Gasteiger charge is -2.24. The van der Waals surface area contributed by atoms with Gasteiger partial charge in [-0.2, -0.15) is 14.5 Å². The third-order valence-electron chi connectivity index (χ3n) is 4.42. The van der Waals surface area contributed by atoms with E-state index in [1.807, 2.05) is 24.4 Å². The van der Waals surface area contributed by atoms with E-state index in [9.17, 15) is 4.39 Å². The van der Waals surface area contributed by atoms with Crippen molar-refractivity contribution in [3.8, 4) is 17.3 Å². The molecule has 0 radical (unpaired) electrons. The van der Waals surface area contributed by atoms with Crippen LogP contribution in [-0.4, -0.2) is 57.0 Å². The summed E-state index contributed by atoms with van der Waals surface area (Å²) < 4.78 is 22.4. The standard InChI is InChI=1S/C18H21FN6O2/c19-15-17(21-7-9-26)23-16(13-11-22-25-8-2-1-5-14(13)25)24-18(15)27-12-4-3-6-20-10-12/h1-2,5,8,11-12,20,26H,3-4,6-7,9-10H2,(H,21,23,24)/t12-/m1/s1. The lowest BCUT2D eigenvalue weighted by Crippen LogP contribution is -2.37. The topological polar surface area (TPSA) is 96.6 Å². The molecule has 0 bridgehead atoms. The van der Waals surface area contributed by atoms with Crippen molar-refractivity contribution in [3.05, 3.63) is 36.4 Å². The molecule has 4 heterocycles. The number of anilines is 1. The summed E-state index contributed by atoms with van der Waals surface area (Å²) >= 11 is 0. The average Bonchev–Trinajstić information content (AvgIpc) is 3.13. The highest BCUT2D eigenvalue weighted by Crippen LogP contribution is 2.29. The van der Waals surface area contributed by atoms with Crippen LogP contribution < -0.4 is 15.4 Å². The van der Waals surface area contributed by atoms with Crippen LogP contribution in [0.2, 0.25) is 0 Å². The molecule has 0 aliphatic carbocycles. The Hall–Kier alpha value is -2.78. The molecule has 1 atom stereocenters. The third kappa shape index (κ3) is 3.69. The Kier molecular flexibility index (Phi) is 5.12. The normalized spacial score (nSPS) is 17.2. The minimum Gasteiger partial charge on any atom is -0.471 e. The molecule has 1 aliphatic heterocycles. The quantitative estimate of drug-likeness (QED) is 0.603. The molecule has 9 heteroatoms.